The molecule has 0 spiro atoms. The first-order chi connectivity index (χ1) is 9.95. The second-order valence-corrected chi connectivity index (χ2v) is 6.67. The fourth-order valence-corrected chi connectivity index (χ4v) is 3.12. The molecule has 1 atom stereocenters. The molecule has 0 saturated carbocycles. The molecule has 0 radical (unpaired) electrons. The smallest absolute Gasteiger partial charge is 0.150 e. The van der Waals surface area contributed by atoms with Gasteiger partial charge < -0.3 is 0 Å². The van der Waals surface area contributed by atoms with E-state index in [4.69, 9.17) is 23.2 Å². The third-order valence-corrected chi connectivity index (χ3v) is 4.86. The van der Waals surface area contributed by atoms with Gasteiger partial charge in [-0.2, -0.15) is 0 Å². The molecule has 1 unspecified atom stereocenters. The molecule has 110 valence electrons. The van der Waals surface area contributed by atoms with Gasteiger partial charge in [-0.1, -0.05) is 35.3 Å². The van der Waals surface area contributed by atoms with Crippen molar-refractivity contribution in [3.63, 3.8) is 0 Å². The van der Waals surface area contributed by atoms with Crippen molar-refractivity contribution < 1.29 is 13.4 Å². The number of rotatable bonds is 5. The van der Waals surface area contributed by atoms with Crippen molar-refractivity contribution in [2.45, 2.75) is 11.3 Å². The minimum Gasteiger partial charge on any atom is -0.298 e. The van der Waals surface area contributed by atoms with Crippen molar-refractivity contribution in [3.8, 4) is 0 Å². The number of carbonyl (C=O) groups is 1. The van der Waals surface area contributed by atoms with E-state index >= 15 is 0 Å². The number of Topliss-reactive ketones (excluding diaryl/α,β-unsaturated/α-hetero) is 1. The molecular formula is C15H11Cl2FO2S. The number of ketones is 1. The van der Waals surface area contributed by atoms with Crippen LogP contribution in [-0.4, -0.2) is 15.7 Å². The van der Waals surface area contributed by atoms with E-state index in [1.807, 2.05) is 0 Å². The highest BCUT2D eigenvalue weighted by Crippen LogP contribution is 2.24. The van der Waals surface area contributed by atoms with E-state index in [0.717, 1.165) is 0 Å². The highest BCUT2D eigenvalue weighted by atomic mass is 35.5. The van der Waals surface area contributed by atoms with Gasteiger partial charge in [0.05, 0.1) is 26.6 Å². The maximum Gasteiger partial charge on any atom is 0.150 e. The summed E-state index contributed by atoms with van der Waals surface area (Å²) in [7, 11) is -1.48. The van der Waals surface area contributed by atoms with Crippen LogP contribution in [0.3, 0.4) is 0 Å². The molecule has 0 aliphatic carbocycles. The van der Waals surface area contributed by atoms with Crippen molar-refractivity contribution >= 4 is 39.8 Å². The number of benzene rings is 2. The van der Waals surface area contributed by atoms with Crippen LogP contribution in [-0.2, 0) is 22.0 Å². The monoisotopic (exact) mass is 344 g/mol. The number of carbonyl (C=O) groups excluding carboxylic acids is 1. The van der Waals surface area contributed by atoms with Crippen molar-refractivity contribution in [1.29, 1.82) is 0 Å². The zero-order valence-electron chi connectivity index (χ0n) is 10.8. The second kappa shape index (κ2) is 7.16. The van der Waals surface area contributed by atoms with Crippen molar-refractivity contribution in [2.24, 2.45) is 0 Å². The Morgan fingerprint density at radius 3 is 2.33 bits per heavy atom. The quantitative estimate of drug-likeness (QED) is 0.819. The van der Waals surface area contributed by atoms with E-state index in [1.54, 1.807) is 12.1 Å². The van der Waals surface area contributed by atoms with Crippen LogP contribution in [0.15, 0.2) is 47.4 Å². The largest absolute Gasteiger partial charge is 0.298 e. The first-order valence-electron chi connectivity index (χ1n) is 6.05. The fourth-order valence-electron chi connectivity index (χ4n) is 1.73. The van der Waals surface area contributed by atoms with Crippen LogP contribution in [0, 0.1) is 5.82 Å². The summed E-state index contributed by atoms with van der Waals surface area (Å²) in [6, 6.07) is 10.3. The van der Waals surface area contributed by atoms with Gasteiger partial charge in [0.2, 0.25) is 0 Å². The Morgan fingerprint density at radius 1 is 1.05 bits per heavy atom. The Kier molecular flexibility index (Phi) is 5.51. The summed E-state index contributed by atoms with van der Waals surface area (Å²) in [4.78, 5) is 12.3. The van der Waals surface area contributed by atoms with Crippen LogP contribution < -0.4 is 0 Å². The van der Waals surface area contributed by atoms with Crippen LogP contribution in [0.25, 0.3) is 0 Å². The molecule has 2 nitrogen and oxygen atoms in total. The SMILES string of the molecule is O=C(Cc1ccc(F)cc1)CS(=O)c1ccc(Cl)c(Cl)c1. The normalized spacial score (nSPS) is 12.1. The average molecular weight is 345 g/mol. The molecule has 0 heterocycles. The van der Waals surface area contributed by atoms with Gasteiger partial charge >= 0.3 is 0 Å². The third-order valence-electron chi connectivity index (χ3n) is 2.76. The lowest BCUT2D eigenvalue weighted by Gasteiger charge is -2.04. The highest BCUT2D eigenvalue weighted by molar-refractivity contribution is 7.85. The number of hydrogen-bond acceptors (Lipinski definition) is 2. The lowest BCUT2D eigenvalue weighted by atomic mass is 10.1. The van der Waals surface area contributed by atoms with E-state index in [2.05, 4.69) is 0 Å². The summed E-state index contributed by atoms with van der Waals surface area (Å²) in [5.74, 6) is -0.661. The molecule has 0 aromatic heterocycles. The molecular weight excluding hydrogens is 334 g/mol. The molecule has 0 aliphatic rings. The predicted octanol–water partition coefficient (Wildman–Crippen LogP) is 4.05. The molecule has 2 rings (SSSR count). The van der Waals surface area contributed by atoms with Gasteiger partial charge in [-0.25, -0.2) is 4.39 Å². The average Bonchev–Trinajstić information content (AvgIpc) is 2.44. The van der Waals surface area contributed by atoms with E-state index in [1.165, 1.54) is 30.3 Å². The lowest BCUT2D eigenvalue weighted by molar-refractivity contribution is -0.116. The predicted molar refractivity (Wildman–Crippen MR) is 82.8 cm³/mol. The van der Waals surface area contributed by atoms with E-state index < -0.39 is 10.8 Å². The maximum absolute atomic E-state index is 12.8. The van der Waals surface area contributed by atoms with Crippen LogP contribution in [0.5, 0.6) is 0 Å². The summed E-state index contributed by atoms with van der Waals surface area (Å²) < 4.78 is 24.9. The standard InChI is InChI=1S/C15H11Cl2FO2S/c16-14-6-5-13(8-15(14)17)21(20)9-12(19)7-10-1-3-11(18)4-2-10/h1-6,8H,7,9H2. The highest BCUT2D eigenvalue weighted by Gasteiger charge is 2.12. The third kappa shape index (κ3) is 4.63. The topological polar surface area (TPSA) is 34.1 Å². The zero-order valence-corrected chi connectivity index (χ0v) is 13.1. The maximum atomic E-state index is 12.8. The summed E-state index contributed by atoms with van der Waals surface area (Å²) in [5.41, 5.74) is 0.688. The molecule has 0 bridgehead atoms. The Hall–Kier alpha value is -1.23. The Labute approximate surface area is 134 Å². The van der Waals surface area contributed by atoms with Gasteiger partial charge in [0.15, 0.2) is 0 Å². The Bertz CT molecular complexity index is 687. The van der Waals surface area contributed by atoms with Gasteiger partial charge in [0.25, 0.3) is 0 Å². The van der Waals surface area contributed by atoms with E-state index in [-0.39, 0.29) is 23.8 Å². The first kappa shape index (κ1) is 16.1. The van der Waals surface area contributed by atoms with Gasteiger partial charge in [-0.3, -0.25) is 9.00 Å². The molecule has 2 aromatic carbocycles. The Morgan fingerprint density at radius 2 is 1.71 bits per heavy atom. The van der Waals surface area contributed by atoms with Crippen molar-refractivity contribution in [3.05, 3.63) is 63.9 Å². The van der Waals surface area contributed by atoms with Gasteiger partial charge in [-0.15, -0.1) is 0 Å². The molecule has 0 fully saturated rings. The van der Waals surface area contributed by atoms with Gasteiger partial charge in [0.1, 0.15) is 11.6 Å². The van der Waals surface area contributed by atoms with Gasteiger partial charge in [0, 0.05) is 11.3 Å². The molecule has 0 amide bonds. The number of halogens is 3. The summed E-state index contributed by atoms with van der Waals surface area (Å²) in [5, 5.41) is 0.670. The minimum absolute atomic E-state index is 0.116. The second-order valence-electron chi connectivity index (χ2n) is 4.41. The lowest BCUT2D eigenvalue weighted by Crippen LogP contribution is -2.13. The molecule has 0 saturated heterocycles. The minimum atomic E-state index is -1.48. The number of hydrogen-bond donors (Lipinski definition) is 0. The molecule has 0 N–H and O–H groups in total. The molecule has 21 heavy (non-hydrogen) atoms. The fraction of sp³-hybridized carbons (Fsp3) is 0.133. The van der Waals surface area contributed by atoms with Crippen molar-refractivity contribution in [2.75, 3.05) is 5.75 Å². The first-order valence-corrected chi connectivity index (χ1v) is 8.13. The molecule has 2 aromatic rings. The van der Waals surface area contributed by atoms with Crippen LogP contribution >= 0.6 is 23.2 Å². The van der Waals surface area contributed by atoms with E-state index in [9.17, 15) is 13.4 Å². The molecule has 6 heteroatoms. The van der Waals surface area contributed by atoms with Crippen molar-refractivity contribution in [1.82, 2.24) is 0 Å². The summed E-state index contributed by atoms with van der Waals surface area (Å²) in [6.07, 6.45) is 0.118. The molecule has 0 aliphatic heterocycles. The van der Waals surface area contributed by atoms with Crippen LogP contribution in [0.2, 0.25) is 10.0 Å². The summed E-state index contributed by atoms with van der Waals surface area (Å²) >= 11 is 11.6. The van der Waals surface area contributed by atoms with E-state index in [0.29, 0.717) is 20.5 Å². The Balaban J connectivity index is 2.00. The zero-order chi connectivity index (χ0) is 15.4. The van der Waals surface area contributed by atoms with Gasteiger partial charge in [-0.05, 0) is 35.9 Å². The van der Waals surface area contributed by atoms with Crippen LogP contribution in [0.4, 0.5) is 4.39 Å². The summed E-state index contributed by atoms with van der Waals surface area (Å²) in [6.45, 7) is 0. The van der Waals surface area contributed by atoms with Crippen LogP contribution in [0.1, 0.15) is 5.56 Å².